The highest BCUT2D eigenvalue weighted by Crippen LogP contribution is 2.35. The number of hydrogen-bond donors (Lipinski definition) is 2. The van der Waals surface area contributed by atoms with Gasteiger partial charge in [0.25, 0.3) is 11.5 Å². The van der Waals surface area contributed by atoms with Crippen LogP contribution in [0.2, 0.25) is 0 Å². The Morgan fingerprint density at radius 2 is 1.78 bits per heavy atom. The number of ether oxygens (including phenoxy) is 2. The number of nitrogens with one attached hydrogen (secondary N) is 1. The Balaban J connectivity index is 1.41. The molecule has 240 valence electrons. The molecule has 1 aromatic heterocycles. The standard InChI is InChI=1S/C30H29F5N4O6/c1-14-25(28(41)38(3)15(2)36-14)18-5-4-16(19-11-45-12-20(18)19)8-23(29(42)43)37-27(40)26-21(31)9-17(10-22(26)32)39-6-7-44-13-24(39)30(33,34)35/h4-5,9-10,23-24H,6-8,11-13H2,1-3H3,(H,37,40)(H,42,43)/t23-,24+/m0/s1. The molecule has 0 aliphatic carbocycles. The number of morpholine rings is 1. The van der Waals surface area contributed by atoms with Gasteiger partial charge in [0.1, 0.15) is 35.1 Å². The van der Waals surface area contributed by atoms with Gasteiger partial charge in [-0.1, -0.05) is 12.1 Å². The number of carboxylic acids is 1. The van der Waals surface area contributed by atoms with Crippen molar-refractivity contribution in [2.75, 3.05) is 24.7 Å². The Bertz CT molecular complexity index is 1720. The Kier molecular flexibility index (Phi) is 8.68. The van der Waals surface area contributed by atoms with Crippen molar-refractivity contribution in [1.29, 1.82) is 0 Å². The van der Waals surface area contributed by atoms with Crippen molar-refractivity contribution >= 4 is 17.6 Å². The molecular weight excluding hydrogens is 607 g/mol. The van der Waals surface area contributed by atoms with Crippen LogP contribution in [0, 0.1) is 25.5 Å². The van der Waals surface area contributed by atoms with Crippen molar-refractivity contribution in [3.8, 4) is 11.1 Å². The molecule has 0 saturated carbocycles. The molecule has 2 atom stereocenters. The Morgan fingerprint density at radius 1 is 1.11 bits per heavy atom. The van der Waals surface area contributed by atoms with Gasteiger partial charge >= 0.3 is 12.1 Å². The maximum absolute atomic E-state index is 15.1. The number of carbonyl (C=O) groups excluding carboxylic acids is 1. The van der Waals surface area contributed by atoms with Crippen molar-refractivity contribution in [2.45, 2.75) is 51.7 Å². The summed E-state index contributed by atoms with van der Waals surface area (Å²) in [7, 11) is 1.60. The van der Waals surface area contributed by atoms with Gasteiger partial charge in [-0.05, 0) is 48.2 Å². The van der Waals surface area contributed by atoms with Crippen LogP contribution >= 0.6 is 0 Å². The van der Waals surface area contributed by atoms with Crippen molar-refractivity contribution in [3.63, 3.8) is 0 Å². The summed E-state index contributed by atoms with van der Waals surface area (Å²) >= 11 is 0. The zero-order chi connectivity index (χ0) is 32.8. The first-order valence-electron chi connectivity index (χ1n) is 13.9. The summed E-state index contributed by atoms with van der Waals surface area (Å²) in [6, 6.07) is 0.657. The summed E-state index contributed by atoms with van der Waals surface area (Å²) < 4.78 is 82.5. The molecule has 0 radical (unpaired) electrons. The highest BCUT2D eigenvalue weighted by Gasteiger charge is 2.46. The van der Waals surface area contributed by atoms with Crippen LogP contribution in [0.4, 0.5) is 27.6 Å². The van der Waals surface area contributed by atoms with Crippen molar-refractivity contribution in [3.05, 3.63) is 80.0 Å². The molecule has 2 N–H and O–H groups in total. The number of benzene rings is 2. The summed E-state index contributed by atoms with van der Waals surface area (Å²) in [4.78, 5) is 43.4. The van der Waals surface area contributed by atoms with Crippen LogP contribution in [-0.4, -0.2) is 64.6 Å². The lowest BCUT2D eigenvalue weighted by Gasteiger charge is -2.38. The Morgan fingerprint density at radius 3 is 2.42 bits per heavy atom. The fourth-order valence-electron chi connectivity index (χ4n) is 5.70. The summed E-state index contributed by atoms with van der Waals surface area (Å²) in [6.45, 7) is 2.51. The quantitative estimate of drug-likeness (QED) is 0.378. The second kappa shape index (κ2) is 12.2. The lowest BCUT2D eigenvalue weighted by atomic mass is 9.91. The van der Waals surface area contributed by atoms with Gasteiger partial charge in [0.15, 0.2) is 0 Å². The van der Waals surface area contributed by atoms with Crippen molar-refractivity contribution in [1.82, 2.24) is 14.9 Å². The van der Waals surface area contributed by atoms with Crippen LogP contribution in [0.15, 0.2) is 29.1 Å². The van der Waals surface area contributed by atoms with Gasteiger partial charge in [-0.25, -0.2) is 18.6 Å². The van der Waals surface area contributed by atoms with Crippen LogP contribution in [-0.2, 0) is 41.0 Å². The van der Waals surface area contributed by atoms with E-state index < -0.39 is 59.6 Å². The molecule has 1 amide bonds. The molecule has 1 saturated heterocycles. The van der Waals surface area contributed by atoms with E-state index in [0.29, 0.717) is 51.5 Å². The molecule has 0 unspecified atom stereocenters. The van der Waals surface area contributed by atoms with Gasteiger partial charge in [-0.3, -0.25) is 14.2 Å². The fraction of sp³-hybridized carbons (Fsp3) is 0.400. The topological polar surface area (TPSA) is 123 Å². The van der Waals surface area contributed by atoms with E-state index in [9.17, 15) is 32.7 Å². The first-order chi connectivity index (χ1) is 21.2. The van der Waals surface area contributed by atoms with E-state index in [1.54, 1.807) is 33.0 Å². The number of rotatable bonds is 7. The molecule has 0 spiro atoms. The fourth-order valence-corrected chi connectivity index (χ4v) is 5.70. The van der Waals surface area contributed by atoms with Crippen LogP contribution < -0.4 is 15.8 Å². The summed E-state index contributed by atoms with van der Waals surface area (Å²) in [5.74, 6) is -5.28. The van der Waals surface area contributed by atoms with Gasteiger partial charge in [0.2, 0.25) is 0 Å². The molecule has 2 aromatic carbocycles. The maximum atomic E-state index is 15.1. The molecule has 3 aromatic rings. The van der Waals surface area contributed by atoms with E-state index in [4.69, 9.17) is 9.47 Å². The number of halogens is 5. The molecule has 1 fully saturated rings. The predicted octanol–water partition coefficient (Wildman–Crippen LogP) is 3.57. The summed E-state index contributed by atoms with van der Waals surface area (Å²) in [5.41, 5.74) is 1.34. The van der Waals surface area contributed by atoms with E-state index in [1.165, 1.54) is 4.57 Å². The van der Waals surface area contributed by atoms with Crippen LogP contribution in [0.5, 0.6) is 0 Å². The van der Waals surface area contributed by atoms with Gasteiger partial charge in [-0.15, -0.1) is 0 Å². The number of amides is 1. The average molecular weight is 637 g/mol. The Labute approximate surface area is 253 Å². The third kappa shape index (κ3) is 6.14. The van der Waals surface area contributed by atoms with Crippen LogP contribution in [0.1, 0.15) is 38.6 Å². The highest BCUT2D eigenvalue weighted by molar-refractivity contribution is 5.97. The van der Waals surface area contributed by atoms with Crippen LogP contribution in [0.3, 0.4) is 0 Å². The molecule has 45 heavy (non-hydrogen) atoms. The average Bonchev–Trinajstić information content (AvgIpc) is 3.46. The van der Waals surface area contributed by atoms with E-state index >= 15 is 8.78 Å². The predicted molar refractivity (Wildman–Crippen MR) is 150 cm³/mol. The van der Waals surface area contributed by atoms with Gasteiger partial charge in [0.05, 0.1) is 37.7 Å². The summed E-state index contributed by atoms with van der Waals surface area (Å²) in [5, 5.41) is 12.0. The number of nitrogens with zero attached hydrogens (tertiary/aromatic N) is 3. The normalized spacial score (nSPS) is 17.2. The molecule has 2 aliphatic rings. The molecule has 0 bridgehead atoms. The minimum Gasteiger partial charge on any atom is -0.480 e. The Hall–Kier alpha value is -4.37. The van der Waals surface area contributed by atoms with Crippen molar-refractivity contribution < 1.29 is 46.1 Å². The summed E-state index contributed by atoms with van der Waals surface area (Å²) in [6.07, 6.45) is -5.04. The van der Waals surface area contributed by atoms with Crippen LogP contribution in [0.25, 0.3) is 11.1 Å². The lowest BCUT2D eigenvalue weighted by molar-refractivity contribution is -0.167. The number of aryl methyl sites for hydroxylation is 2. The van der Waals surface area contributed by atoms with E-state index in [2.05, 4.69) is 10.3 Å². The number of fused-ring (bicyclic) bond motifs is 1. The monoisotopic (exact) mass is 636 g/mol. The van der Waals surface area contributed by atoms with E-state index in [-0.39, 0.29) is 38.3 Å². The zero-order valence-corrected chi connectivity index (χ0v) is 24.4. The second-order valence-corrected chi connectivity index (χ2v) is 10.9. The number of carboxylic acid groups (broad SMARTS) is 1. The number of aromatic nitrogens is 2. The molecule has 15 heteroatoms. The third-order valence-electron chi connectivity index (χ3n) is 8.10. The number of anilines is 1. The van der Waals surface area contributed by atoms with Crippen molar-refractivity contribution in [2.24, 2.45) is 7.05 Å². The number of carbonyl (C=O) groups is 2. The minimum absolute atomic E-state index is 0.0998. The number of alkyl halides is 3. The largest absolute Gasteiger partial charge is 0.480 e. The molecule has 10 nitrogen and oxygen atoms in total. The smallest absolute Gasteiger partial charge is 0.411 e. The van der Waals surface area contributed by atoms with Gasteiger partial charge < -0.3 is 24.8 Å². The highest BCUT2D eigenvalue weighted by atomic mass is 19.4. The molecule has 5 rings (SSSR count). The van der Waals surface area contributed by atoms with E-state index in [0.717, 1.165) is 4.90 Å². The van der Waals surface area contributed by atoms with E-state index in [1.807, 2.05) is 0 Å². The molecule has 2 aliphatic heterocycles. The first kappa shape index (κ1) is 32.0. The first-order valence-corrected chi connectivity index (χ1v) is 13.9. The number of hydrogen-bond acceptors (Lipinski definition) is 7. The number of aliphatic carboxylic acids is 1. The second-order valence-electron chi connectivity index (χ2n) is 10.9. The molecule has 3 heterocycles. The van der Waals surface area contributed by atoms with Gasteiger partial charge in [0, 0.05) is 25.7 Å². The maximum Gasteiger partial charge on any atom is 0.411 e. The SMILES string of the molecule is Cc1nc(C)n(C)c(=O)c1-c1ccc(C[C@H](NC(=O)c2c(F)cc(N3CCOC[C@@H]3C(F)(F)F)cc2F)C(=O)O)c2c1COC2. The van der Waals surface area contributed by atoms with Gasteiger partial charge in [-0.2, -0.15) is 13.2 Å². The minimum atomic E-state index is -4.74. The molecular formula is C30H29F5N4O6. The zero-order valence-electron chi connectivity index (χ0n) is 24.4. The third-order valence-corrected chi connectivity index (χ3v) is 8.10. The lowest BCUT2D eigenvalue weighted by Crippen LogP contribution is -2.53.